The quantitative estimate of drug-likeness (QED) is 0.224. The molecule has 43 heavy (non-hydrogen) atoms. The van der Waals surface area contributed by atoms with E-state index in [-0.39, 0.29) is 17.1 Å². The highest BCUT2D eigenvalue weighted by Crippen LogP contribution is 2.33. The van der Waals surface area contributed by atoms with Gasteiger partial charge in [-0.05, 0) is 65.8 Å². The Hall–Kier alpha value is -3.33. The Morgan fingerprint density at radius 2 is 1.72 bits per heavy atom. The molecule has 2 N–H and O–H groups in total. The molecule has 0 aliphatic heterocycles. The maximum Gasteiger partial charge on any atom is 0.263 e. The molecule has 0 atom stereocenters. The maximum absolute atomic E-state index is 15.3. The third-order valence-corrected chi connectivity index (χ3v) is 8.99. The first-order chi connectivity index (χ1) is 20.0. The lowest BCUT2D eigenvalue weighted by Gasteiger charge is -2.33. The maximum atomic E-state index is 15.3. The zero-order valence-corrected chi connectivity index (χ0v) is 25.3. The molecule has 0 amide bonds. The van der Waals surface area contributed by atoms with E-state index in [4.69, 9.17) is 0 Å². The molecule has 236 valence electrons. The van der Waals surface area contributed by atoms with Crippen molar-refractivity contribution in [3.8, 4) is 11.1 Å². The van der Waals surface area contributed by atoms with Crippen LogP contribution in [0.1, 0.15) is 58.9 Å². The van der Waals surface area contributed by atoms with Crippen LogP contribution >= 0.6 is 0 Å². The number of fused-ring (bicyclic) bond motifs is 1. The van der Waals surface area contributed by atoms with Gasteiger partial charge >= 0.3 is 0 Å². The Labute approximate surface area is 246 Å². The van der Waals surface area contributed by atoms with Gasteiger partial charge in [-0.25, -0.2) is 35.4 Å². The fourth-order valence-corrected chi connectivity index (χ4v) is 6.57. The number of halogens is 5. The molecule has 0 unspecified atom stereocenters. The topological polar surface area (TPSA) is 109 Å². The minimum absolute atomic E-state index is 0.135. The lowest BCUT2D eigenvalue weighted by atomic mass is 9.91. The number of hydrogen-bond acceptors (Lipinski definition) is 7. The van der Waals surface area contributed by atoms with Gasteiger partial charge in [0.1, 0.15) is 17.1 Å². The van der Waals surface area contributed by atoms with E-state index in [1.807, 2.05) is 14.1 Å². The number of nitrogens with one attached hydrogen (secondary N) is 2. The summed E-state index contributed by atoms with van der Waals surface area (Å²) in [6, 6.07) is 1.78. The van der Waals surface area contributed by atoms with E-state index in [1.165, 1.54) is 21.6 Å². The first-order valence-corrected chi connectivity index (χ1v) is 15.6. The van der Waals surface area contributed by atoms with E-state index in [9.17, 15) is 22.0 Å². The summed E-state index contributed by atoms with van der Waals surface area (Å²) in [5.41, 5.74) is -3.23. The third-order valence-electron chi connectivity index (χ3n) is 7.67. The van der Waals surface area contributed by atoms with Gasteiger partial charge in [-0.15, -0.1) is 0 Å². The number of hydrogen-bond donors (Lipinski definition) is 2. The Balaban J connectivity index is 1.72. The Morgan fingerprint density at radius 3 is 2.30 bits per heavy atom. The molecule has 0 radical (unpaired) electrons. The van der Waals surface area contributed by atoms with Crippen molar-refractivity contribution in [3.63, 3.8) is 0 Å². The molecule has 0 saturated heterocycles. The molecular weight excluding hydrogens is 595 g/mol. The zero-order chi connectivity index (χ0) is 31.9. The van der Waals surface area contributed by atoms with Crippen molar-refractivity contribution >= 4 is 32.7 Å². The predicted octanol–water partition coefficient (Wildman–Crippen LogP) is 5.53. The van der Waals surface area contributed by atoms with E-state index in [0.29, 0.717) is 18.1 Å². The number of rotatable bonds is 10. The number of benzene rings is 1. The first-order valence-electron chi connectivity index (χ1n) is 13.9. The van der Waals surface area contributed by atoms with Crippen molar-refractivity contribution < 1.29 is 30.4 Å². The number of aromatic nitrogens is 3. The van der Waals surface area contributed by atoms with Gasteiger partial charge in [-0.1, -0.05) is 6.92 Å². The van der Waals surface area contributed by atoms with Crippen LogP contribution in [0.2, 0.25) is 0 Å². The summed E-state index contributed by atoms with van der Waals surface area (Å²) in [5, 5.41) is 3.60. The lowest BCUT2D eigenvalue weighted by molar-refractivity contribution is 0.0219. The SMILES string of the molecule is CCC(F)(F)CS(=O)(=O)Nc1c(F)cc(-c2cc3cnc(NC4CCC(N(C)C)CC4)nc3n(C(C)C)c2=O)c(F)c1F. The summed E-state index contributed by atoms with van der Waals surface area (Å²) in [7, 11) is -0.860. The van der Waals surface area contributed by atoms with Crippen LogP contribution in [0.5, 0.6) is 0 Å². The number of nitrogens with zero attached hydrogens (tertiary/aromatic N) is 4. The molecule has 9 nitrogen and oxygen atoms in total. The van der Waals surface area contributed by atoms with Crippen LogP contribution in [0, 0.1) is 17.5 Å². The van der Waals surface area contributed by atoms with Gasteiger partial charge in [-0.3, -0.25) is 14.1 Å². The van der Waals surface area contributed by atoms with Crippen molar-refractivity contribution in [2.75, 3.05) is 29.9 Å². The van der Waals surface area contributed by atoms with E-state index >= 15 is 13.2 Å². The second-order valence-corrected chi connectivity index (χ2v) is 13.1. The minimum atomic E-state index is -4.96. The van der Waals surface area contributed by atoms with E-state index in [1.54, 1.807) is 13.8 Å². The normalized spacial score (nSPS) is 18.0. The highest BCUT2D eigenvalue weighted by molar-refractivity contribution is 7.92. The van der Waals surface area contributed by atoms with Gasteiger partial charge in [0, 0.05) is 41.7 Å². The van der Waals surface area contributed by atoms with Crippen molar-refractivity contribution in [1.29, 1.82) is 0 Å². The smallest absolute Gasteiger partial charge is 0.263 e. The molecule has 1 fully saturated rings. The van der Waals surface area contributed by atoms with Crippen molar-refractivity contribution in [2.24, 2.45) is 0 Å². The Morgan fingerprint density at radius 1 is 1.07 bits per heavy atom. The lowest BCUT2D eigenvalue weighted by Crippen LogP contribution is -2.36. The average Bonchev–Trinajstić information content (AvgIpc) is 2.92. The molecule has 1 aliphatic rings. The molecule has 4 rings (SSSR count). The molecule has 0 spiro atoms. The number of anilines is 2. The van der Waals surface area contributed by atoms with Gasteiger partial charge < -0.3 is 10.2 Å². The van der Waals surface area contributed by atoms with Gasteiger partial charge in [0.25, 0.3) is 11.5 Å². The average molecular weight is 631 g/mol. The fourth-order valence-electron chi connectivity index (χ4n) is 5.24. The van der Waals surface area contributed by atoms with Crippen molar-refractivity contribution in [3.05, 3.63) is 46.1 Å². The summed E-state index contributed by atoms with van der Waals surface area (Å²) in [6.07, 6.45) is 4.40. The molecule has 15 heteroatoms. The minimum Gasteiger partial charge on any atom is -0.351 e. The van der Waals surface area contributed by atoms with E-state index in [0.717, 1.165) is 32.6 Å². The van der Waals surface area contributed by atoms with Gasteiger partial charge in [0.15, 0.2) is 17.5 Å². The van der Waals surface area contributed by atoms with Crippen LogP contribution in [-0.4, -0.2) is 65.7 Å². The monoisotopic (exact) mass is 630 g/mol. The second kappa shape index (κ2) is 12.3. The van der Waals surface area contributed by atoms with Gasteiger partial charge in [0.2, 0.25) is 16.0 Å². The second-order valence-electron chi connectivity index (χ2n) is 11.4. The highest BCUT2D eigenvalue weighted by Gasteiger charge is 2.35. The number of sulfonamides is 1. The molecule has 3 aromatic rings. The van der Waals surface area contributed by atoms with Crippen LogP contribution in [0.4, 0.5) is 33.6 Å². The summed E-state index contributed by atoms with van der Waals surface area (Å²) in [6.45, 7) is 4.41. The van der Waals surface area contributed by atoms with Gasteiger partial charge in [0.05, 0.1) is 5.56 Å². The largest absolute Gasteiger partial charge is 0.351 e. The van der Waals surface area contributed by atoms with Crippen molar-refractivity contribution in [2.45, 2.75) is 76.9 Å². The number of alkyl halides is 2. The molecular formula is C28H35F5N6O3S. The molecule has 2 heterocycles. The Bertz CT molecular complexity index is 1670. The van der Waals surface area contributed by atoms with Crippen LogP contribution in [0.15, 0.2) is 23.1 Å². The molecule has 2 aromatic heterocycles. The molecule has 1 aromatic carbocycles. The Kier molecular flexibility index (Phi) is 9.35. The highest BCUT2D eigenvalue weighted by atomic mass is 32.2. The van der Waals surface area contributed by atoms with Crippen LogP contribution in [-0.2, 0) is 10.0 Å². The van der Waals surface area contributed by atoms with Crippen LogP contribution in [0.25, 0.3) is 22.2 Å². The summed E-state index contributed by atoms with van der Waals surface area (Å²) < 4.78 is 99.5. The third kappa shape index (κ3) is 7.08. The zero-order valence-electron chi connectivity index (χ0n) is 24.5. The van der Waals surface area contributed by atoms with Crippen LogP contribution in [0.3, 0.4) is 0 Å². The standard InChI is InChI=1S/C28H35F5N6O3S/c1-6-28(32,33)14-43(41,42)37-24-21(29)12-19(22(30)23(24)31)20-11-16-13-34-27(36-25(16)39(15(2)3)26(20)40)35-17-7-9-18(10-8-17)38(4)5/h11-13,15,17-18,37H,6-10,14H2,1-5H3,(H,34,35,36). The van der Waals surface area contributed by atoms with Crippen molar-refractivity contribution in [1.82, 2.24) is 19.4 Å². The first kappa shape index (κ1) is 32.6. The van der Waals surface area contributed by atoms with Crippen LogP contribution < -0.4 is 15.6 Å². The van der Waals surface area contributed by atoms with Gasteiger partial charge in [-0.2, -0.15) is 4.98 Å². The summed E-state index contributed by atoms with van der Waals surface area (Å²) in [4.78, 5) is 24.7. The molecule has 0 bridgehead atoms. The van der Waals surface area contributed by atoms with E-state index in [2.05, 4.69) is 20.2 Å². The molecule has 1 aliphatic carbocycles. The predicted molar refractivity (Wildman–Crippen MR) is 155 cm³/mol. The molecule has 1 saturated carbocycles. The fraction of sp³-hybridized carbons (Fsp3) is 0.536. The summed E-state index contributed by atoms with van der Waals surface area (Å²) >= 11 is 0. The summed E-state index contributed by atoms with van der Waals surface area (Å²) in [5.74, 6) is -10.4. The van der Waals surface area contributed by atoms with E-state index < -0.39 is 74.0 Å². The number of pyridine rings is 1.